The first-order valence-corrected chi connectivity index (χ1v) is 10.0. The molecule has 0 bridgehead atoms. The monoisotopic (exact) mass is 426 g/mol. The molecule has 5 rings (SSSR count). The third-order valence-electron chi connectivity index (χ3n) is 5.65. The number of nitrogens with one attached hydrogen (secondary N) is 1. The van der Waals surface area contributed by atoms with Crippen LogP contribution in [0.25, 0.3) is 16.7 Å². The van der Waals surface area contributed by atoms with Crippen molar-refractivity contribution in [3.63, 3.8) is 0 Å². The lowest BCUT2D eigenvalue weighted by atomic mass is 10.1. The summed E-state index contributed by atoms with van der Waals surface area (Å²) in [6.45, 7) is 2.55. The van der Waals surface area contributed by atoms with Crippen molar-refractivity contribution >= 4 is 28.3 Å². The van der Waals surface area contributed by atoms with E-state index in [0.717, 1.165) is 22.4 Å². The molecular formula is C21H20ClFN6O. The van der Waals surface area contributed by atoms with E-state index >= 15 is 0 Å². The van der Waals surface area contributed by atoms with Crippen LogP contribution in [-0.2, 0) is 4.74 Å². The van der Waals surface area contributed by atoms with Gasteiger partial charge in [0.2, 0.25) is 0 Å². The van der Waals surface area contributed by atoms with E-state index in [1.54, 1.807) is 25.6 Å². The fourth-order valence-corrected chi connectivity index (χ4v) is 4.25. The van der Waals surface area contributed by atoms with Gasteiger partial charge in [-0.1, -0.05) is 11.6 Å². The van der Waals surface area contributed by atoms with Crippen LogP contribution in [0.2, 0.25) is 5.02 Å². The number of aromatic amines is 1. The Kier molecular flexibility index (Phi) is 4.67. The molecule has 2 aromatic heterocycles. The number of rotatable bonds is 4. The Balaban J connectivity index is 1.63. The first-order chi connectivity index (χ1) is 14.5. The summed E-state index contributed by atoms with van der Waals surface area (Å²) >= 11 is 6.28. The van der Waals surface area contributed by atoms with Crippen molar-refractivity contribution in [3.05, 3.63) is 65.0 Å². The fourth-order valence-electron chi connectivity index (χ4n) is 4.09. The lowest BCUT2D eigenvalue weighted by Gasteiger charge is -2.27. The molecule has 0 spiro atoms. The maximum absolute atomic E-state index is 14.3. The number of fused-ring (bicyclic) bond motifs is 1. The molecule has 1 fully saturated rings. The van der Waals surface area contributed by atoms with Crippen LogP contribution in [0.4, 0.5) is 10.1 Å². The van der Waals surface area contributed by atoms with Crippen LogP contribution in [0.1, 0.15) is 23.9 Å². The van der Waals surface area contributed by atoms with Crippen molar-refractivity contribution < 1.29 is 9.13 Å². The van der Waals surface area contributed by atoms with E-state index in [-0.39, 0.29) is 18.0 Å². The molecule has 0 radical (unpaired) electrons. The molecule has 1 aliphatic rings. The van der Waals surface area contributed by atoms with Crippen molar-refractivity contribution in [2.24, 2.45) is 0 Å². The van der Waals surface area contributed by atoms with Gasteiger partial charge in [0.05, 0.1) is 41.3 Å². The van der Waals surface area contributed by atoms with Gasteiger partial charge in [-0.3, -0.25) is 0 Å². The van der Waals surface area contributed by atoms with Gasteiger partial charge in [-0.05, 0) is 42.8 Å². The van der Waals surface area contributed by atoms with Crippen molar-refractivity contribution in [2.45, 2.75) is 25.5 Å². The second kappa shape index (κ2) is 7.37. The number of anilines is 1. The van der Waals surface area contributed by atoms with Gasteiger partial charge in [0.1, 0.15) is 17.3 Å². The van der Waals surface area contributed by atoms with Crippen molar-refractivity contribution in [3.8, 4) is 5.69 Å². The zero-order valence-electron chi connectivity index (χ0n) is 16.5. The van der Waals surface area contributed by atoms with Gasteiger partial charge in [0.25, 0.3) is 0 Å². The second-order valence-electron chi connectivity index (χ2n) is 7.40. The molecule has 7 nitrogen and oxygen atoms in total. The lowest BCUT2D eigenvalue weighted by molar-refractivity contribution is 0.118. The summed E-state index contributed by atoms with van der Waals surface area (Å²) in [5.41, 5.74) is 4.06. The summed E-state index contributed by atoms with van der Waals surface area (Å²) < 4.78 is 19.9. The van der Waals surface area contributed by atoms with E-state index in [9.17, 15) is 4.39 Å². The third-order valence-corrected chi connectivity index (χ3v) is 6.06. The zero-order valence-corrected chi connectivity index (χ0v) is 17.3. The Morgan fingerprint density at radius 3 is 2.73 bits per heavy atom. The number of hydrogen-bond acceptors (Lipinski definition) is 5. The molecule has 30 heavy (non-hydrogen) atoms. The summed E-state index contributed by atoms with van der Waals surface area (Å²) in [6.07, 6.45) is 3.89. The first kappa shape index (κ1) is 19.0. The van der Waals surface area contributed by atoms with E-state index in [4.69, 9.17) is 21.3 Å². The van der Waals surface area contributed by atoms with E-state index < -0.39 is 0 Å². The summed E-state index contributed by atoms with van der Waals surface area (Å²) in [6, 6.07) is 8.26. The lowest BCUT2D eigenvalue weighted by Crippen LogP contribution is -2.27. The smallest absolute Gasteiger partial charge is 0.130 e. The van der Waals surface area contributed by atoms with Crippen molar-refractivity contribution in [2.75, 3.05) is 18.6 Å². The highest BCUT2D eigenvalue weighted by molar-refractivity contribution is 6.32. The quantitative estimate of drug-likeness (QED) is 0.529. The average molecular weight is 427 g/mol. The number of hydrogen-bond donors (Lipinski definition) is 1. The fraction of sp³-hybridized carbons (Fsp3) is 0.286. The highest BCUT2D eigenvalue weighted by Gasteiger charge is 2.37. The summed E-state index contributed by atoms with van der Waals surface area (Å²) in [5, 5.41) is 9.13. The van der Waals surface area contributed by atoms with Crippen LogP contribution in [0.3, 0.4) is 0 Å². The molecule has 2 atom stereocenters. The molecule has 0 amide bonds. The minimum absolute atomic E-state index is 0.0189. The molecule has 2 aromatic carbocycles. The van der Waals surface area contributed by atoms with E-state index in [1.807, 2.05) is 19.1 Å². The molecule has 1 N–H and O–H groups in total. The molecule has 0 saturated carbocycles. The van der Waals surface area contributed by atoms with E-state index in [2.05, 4.69) is 20.1 Å². The molecule has 1 aliphatic heterocycles. The predicted octanol–water partition coefficient (Wildman–Crippen LogP) is 4.21. The Bertz CT molecular complexity index is 1210. The number of aromatic nitrogens is 5. The molecule has 154 valence electrons. The normalized spacial score (nSPS) is 19.1. The Labute approximate surface area is 177 Å². The Hall–Kier alpha value is -2.97. The first-order valence-electron chi connectivity index (χ1n) is 9.65. The molecule has 9 heteroatoms. The van der Waals surface area contributed by atoms with Gasteiger partial charge in [0, 0.05) is 25.1 Å². The molecule has 4 aromatic rings. The van der Waals surface area contributed by atoms with Crippen molar-refractivity contribution in [1.82, 2.24) is 25.0 Å². The maximum atomic E-state index is 14.3. The summed E-state index contributed by atoms with van der Waals surface area (Å²) in [7, 11) is 1.69. The zero-order chi connectivity index (χ0) is 20.8. The molecular weight excluding hydrogens is 407 g/mol. The Morgan fingerprint density at radius 2 is 1.97 bits per heavy atom. The molecule has 1 saturated heterocycles. The minimum atomic E-state index is -0.326. The number of methoxy groups -OCH3 is 1. The highest BCUT2D eigenvalue weighted by Crippen LogP contribution is 2.40. The average Bonchev–Trinajstić information content (AvgIpc) is 3.49. The van der Waals surface area contributed by atoms with Gasteiger partial charge in [-0.15, -0.1) is 4.80 Å². The summed E-state index contributed by atoms with van der Waals surface area (Å²) in [5.74, 6) is 0.464. The predicted molar refractivity (Wildman–Crippen MR) is 113 cm³/mol. The number of imidazole rings is 1. The van der Waals surface area contributed by atoms with Crippen LogP contribution < -0.4 is 4.90 Å². The van der Waals surface area contributed by atoms with Crippen LogP contribution >= 0.6 is 11.6 Å². The van der Waals surface area contributed by atoms with Gasteiger partial charge < -0.3 is 14.6 Å². The largest absolute Gasteiger partial charge is 0.380 e. The molecule has 3 heterocycles. The minimum Gasteiger partial charge on any atom is -0.380 e. The Morgan fingerprint density at radius 1 is 1.17 bits per heavy atom. The van der Waals surface area contributed by atoms with Gasteiger partial charge in [-0.25, -0.2) is 9.37 Å². The second-order valence-corrected chi connectivity index (χ2v) is 7.81. The highest BCUT2D eigenvalue weighted by atomic mass is 35.5. The SMILES string of the molecule is CO[C@@H]1C[C@@H](c2nc3c(C)c(Cl)ccc3[nH]2)N(c2cc(F)ccc2-n2nccn2)C1. The van der Waals surface area contributed by atoms with Gasteiger partial charge in [0.15, 0.2) is 0 Å². The van der Waals surface area contributed by atoms with E-state index in [1.165, 1.54) is 16.9 Å². The number of nitrogens with zero attached hydrogens (tertiary/aromatic N) is 5. The number of benzene rings is 2. The summed E-state index contributed by atoms with van der Waals surface area (Å²) in [4.78, 5) is 11.9. The third kappa shape index (κ3) is 3.12. The van der Waals surface area contributed by atoms with Crippen LogP contribution in [0.15, 0.2) is 42.7 Å². The standard InChI is InChI=1S/C21H20ClFN6O/c1-12-15(22)4-5-16-20(12)27-21(26-16)19-10-14(30-2)11-28(19)18-9-13(23)3-6-17(18)29-24-7-8-25-29/h3-9,14,19H,10-11H2,1-2H3,(H,26,27)/t14-,19+/m1/s1. The number of aryl methyl sites for hydroxylation is 1. The number of H-pyrrole nitrogens is 1. The van der Waals surface area contributed by atoms with Crippen molar-refractivity contribution in [1.29, 1.82) is 0 Å². The van der Waals surface area contributed by atoms with E-state index in [0.29, 0.717) is 29.4 Å². The van der Waals surface area contributed by atoms with Crippen LogP contribution in [0, 0.1) is 12.7 Å². The van der Waals surface area contributed by atoms with Gasteiger partial charge in [-0.2, -0.15) is 10.2 Å². The van der Waals surface area contributed by atoms with Gasteiger partial charge >= 0.3 is 0 Å². The number of ether oxygens (including phenoxy) is 1. The molecule has 0 unspecified atom stereocenters. The number of halogens is 2. The maximum Gasteiger partial charge on any atom is 0.130 e. The molecule has 0 aliphatic carbocycles. The van der Waals surface area contributed by atoms with Crippen LogP contribution in [-0.4, -0.2) is 44.7 Å². The van der Waals surface area contributed by atoms with Crippen LogP contribution in [0.5, 0.6) is 0 Å². The topological polar surface area (TPSA) is 71.9 Å².